The highest BCUT2D eigenvalue weighted by Crippen LogP contribution is 2.25. The van der Waals surface area contributed by atoms with Gasteiger partial charge in [-0.3, -0.25) is 9.59 Å². The molecular formula is C21H25ClN2O3S. The predicted molar refractivity (Wildman–Crippen MR) is 111 cm³/mol. The van der Waals surface area contributed by atoms with E-state index in [0.717, 1.165) is 36.3 Å². The van der Waals surface area contributed by atoms with Gasteiger partial charge in [-0.1, -0.05) is 49.4 Å². The van der Waals surface area contributed by atoms with E-state index in [9.17, 15) is 9.59 Å². The molecule has 2 aromatic rings. The lowest BCUT2D eigenvalue weighted by atomic mass is 10.1. The van der Waals surface area contributed by atoms with Crippen molar-refractivity contribution in [3.05, 3.63) is 40.4 Å². The molecule has 150 valence electrons. The van der Waals surface area contributed by atoms with E-state index in [1.807, 2.05) is 17.5 Å². The molecule has 1 atom stereocenters. The molecule has 0 unspecified atom stereocenters. The third-order valence-electron chi connectivity index (χ3n) is 4.85. The van der Waals surface area contributed by atoms with Crippen molar-refractivity contribution in [2.45, 2.75) is 64.0 Å². The summed E-state index contributed by atoms with van der Waals surface area (Å²) < 4.78 is 5.32. The summed E-state index contributed by atoms with van der Waals surface area (Å²) in [6, 6.07) is 7.59. The van der Waals surface area contributed by atoms with Crippen molar-refractivity contribution in [3.63, 3.8) is 0 Å². The summed E-state index contributed by atoms with van der Waals surface area (Å²) in [5.41, 5.74) is 1.58. The highest BCUT2D eigenvalue weighted by Gasteiger charge is 2.22. The molecule has 1 aliphatic rings. The van der Waals surface area contributed by atoms with Crippen LogP contribution in [0.5, 0.6) is 0 Å². The maximum atomic E-state index is 12.3. The predicted octanol–water partition coefficient (Wildman–Crippen LogP) is 4.78. The van der Waals surface area contributed by atoms with Gasteiger partial charge in [0.1, 0.15) is 5.01 Å². The zero-order chi connectivity index (χ0) is 19.9. The van der Waals surface area contributed by atoms with Gasteiger partial charge in [-0.2, -0.15) is 0 Å². The van der Waals surface area contributed by atoms with Crippen LogP contribution in [-0.2, 0) is 20.7 Å². The second-order valence-corrected chi connectivity index (χ2v) is 8.45. The number of aromatic nitrogens is 1. The summed E-state index contributed by atoms with van der Waals surface area (Å²) in [7, 11) is 0. The number of benzene rings is 1. The minimum absolute atomic E-state index is 0.0468. The minimum Gasteiger partial charge on any atom is -0.452 e. The first-order valence-electron chi connectivity index (χ1n) is 9.71. The number of rotatable bonds is 6. The average Bonchev–Trinajstić information content (AvgIpc) is 2.97. The molecule has 3 rings (SSSR count). The number of hydrogen-bond donors (Lipinski definition) is 1. The van der Waals surface area contributed by atoms with Crippen molar-refractivity contribution in [3.8, 4) is 10.6 Å². The van der Waals surface area contributed by atoms with Crippen LogP contribution in [0.4, 0.5) is 0 Å². The smallest absolute Gasteiger partial charge is 0.312 e. The molecule has 1 amide bonds. The summed E-state index contributed by atoms with van der Waals surface area (Å²) in [5.74, 6) is -0.670. The van der Waals surface area contributed by atoms with E-state index in [-0.39, 0.29) is 18.4 Å². The quantitative estimate of drug-likeness (QED) is 0.539. The van der Waals surface area contributed by atoms with Crippen LogP contribution < -0.4 is 5.32 Å². The molecule has 0 saturated heterocycles. The van der Waals surface area contributed by atoms with E-state index < -0.39 is 12.1 Å². The molecule has 0 bridgehead atoms. The fourth-order valence-electron chi connectivity index (χ4n) is 3.30. The van der Waals surface area contributed by atoms with E-state index in [4.69, 9.17) is 16.3 Å². The number of halogens is 1. The number of esters is 1. The molecular weight excluding hydrogens is 396 g/mol. The van der Waals surface area contributed by atoms with Crippen LogP contribution in [0.1, 0.15) is 51.1 Å². The molecule has 1 aromatic heterocycles. The molecule has 1 fully saturated rings. The monoisotopic (exact) mass is 420 g/mol. The van der Waals surface area contributed by atoms with Gasteiger partial charge in [-0.05, 0) is 31.9 Å². The fraction of sp³-hybridized carbons (Fsp3) is 0.476. The van der Waals surface area contributed by atoms with Crippen molar-refractivity contribution < 1.29 is 14.3 Å². The third kappa shape index (κ3) is 6.04. The number of thiazole rings is 1. The van der Waals surface area contributed by atoms with E-state index in [0.29, 0.717) is 10.7 Å². The van der Waals surface area contributed by atoms with Gasteiger partial charge in [0.15, 0.2) is 6.10 Å². The van der Waals surface area contributed by atoms with Crippen molar-refractivity contribution in [2.24, 2.45) is 0 Å². The molecule has 0 spiro atoms. The van der Waals surface area contributed by atoms with E-state index in [1.165, 1.54) is 24.2 Å². The van der Waals surface area contributed by atoms with Crippen LogP contribution in [0, 0.1) is 0 Å². The van der Waals surface area contributed by atoms with Crippen LogP contribution >= 0.6 is 22.9 Å². The van der Waals surface area contributed by atoms with Gasteiger partial charge in [0.2, 0.25) is 0 Å². The van der Waals surface area contributed by atoms with Gasteiger partial charge in [0.25, 0.3) is 5.91 Å². The van der Waals surface area contributed by atoms with Crippen LogP contribution in [-0.4, -0.2) is 29.0 Å². The Labute approximate surface area is 174 Å². The first kappa shape index (κ1) is 20.8. The topological polar surface area (TPSA) is 68.3 Å². The molecule has 5 nitrogen and oxygen atoms in total. The van der Waals surface area contributed by atoms with Crippen molar-refractivity contribution in [1.82, 2.24) is 10.3 Å². The number of nitrogens with zero attached hydrogens (tertiary/aromatic N) is 1. The summed E-state index contributed by atoms with van der Waals surface area (Å²) in [6.07, 6.45) is 5.97. The lowest BCUT2D eigenvalue weighted by Crippen LogP contribution is -2.42. The maximum absolute atomic E-state index is 12.3. The molecule has 28 heavy (non-hydrogen) atoms. The summed E-state index contributed by atoms with van der Waals surface area (Å²) in [5, 5.41) is 6.34. The minimum atomic E-state index is -0.801. The summed E-state index contributed by atoms with van der Waals surface area (Å²) in [4.78, 5) is 29.0. The number of ether oxygens (including phenoxy) is 1. The Morgan fingerprint density at radius 1 is 1.21 bits per heavy atom. The second kappa shape index (κ2) is 10.0. The van der Waals surface area contributed by atoms with Crippen molar-refractivity contribution >= 4 is 34.8 Å². The SMILES string of the molecule is C[C@H](OC(=O)Cc1csc(-c2ccc(Cl)cc2)n1)C(=O)NC1CCCCCC1. The van der Waals surface area contributed by atoms with Gasteiger partial charge < -0.3 is 10.1 Å². The van der Waals surface area contributed by atoms with Gasteiger partial charge in [0, 0.05) is 22.0 Å². The first-order valence-corrected chi connectivity index (χ1v) is 11.0. The Kier molecular flexibility index (Phi) is 7.45. The first-order chi connectivity index (χ1) is 13.5. The lowest BCUT2D eigenvalue weighted by Gasteiger charge is -2.19. The Morgan fingerprint density at radius 2 is 1.89 bits per heavy atom. The van der Waals surface area contributed by atoms with Gasteiger partial charge in [-0.25, -0.2) is 4.98 Å². The second-order valence-electron chi connectivity index (χ2n) is 7.16. The van der Waals surface area contributed by atoms with Crippen LogP contribution in [0.25, 0.3) is 10.6 Å². The Hall–Kier alpha value is -1.92. The van der Waals surface area contributed by atoms with Crippen LogP contribution in [0.3, 0.4) is 0 Å². The largest absolute Gasteiger partial charge is 0.452 e. The third-order valence-corrected chi connectivity index (χ3v) is 6.04. The van der Waals surface area contributed by atoms with Gasteiger partial charge in [0.05, 0.1) is 12.1 Å². The molecule has 1 aliphatic carbocycles. The molecule has 1 saturated carbocycles. The lowest BCUT2D eigenvalue weighted by molar-refractivity contribution is -0.154. The Bertz CT molecular complexity index is 798. The van der Waals surface area contributed by atoms with Crippen LogP contribution in [0.2, 0.25) is 5.02 Å². The average molecular weight is 421 g/mol. The number of amides is 1. The van der Waals surface area contributed by atoms with E-state index in [1.54, 1.807) is 19.1 Å². The molecule has 1 heterocycles. The highest BCUT2D eigenvalue weighted by atomic mass is 35.5. The van der Waals surface area contributed by atoms with Crippen molar-refractivity contribution in [1.29, 1.82) is 0 Å². The zero-order valence-corrected chi connectivity index (χ0v) is 17.5. The van der Waals surface area contributed by atoms with Crippen molar-refractivity contribution in [2.75, 3.05) is 0 Å². The van der Waals surface area contributed by atoms with Gasteiger partial charge in [-0.15, -0.1) is 11.3 Å². The number of carbonyl (C=O) groups is 2. The number of carbonyl (C=O) groups excluding carboxylic acids is 2. The van der Waals surface area contributed by atoms with E-state index >= 15 is 0 Å². The van der Waals surface area contributed by atoms with Crippen LogP contribution in [0.15, 0.2) is 29.6 Å². The normalized spacial score (nSPS) is 16.2. The standard InChI is InChI=1S/C21H25ClN2O3S/c1-14(20(26)23-17-6-4-2-3-5-7-17)27-19(25)12-18-13-28-21(24-18)15-8-10-16(22)11-9-15/h8-11,13-14,17H,2-7,12H2,1H3,(H,23,26)/t14-/m0/s1. The maximum Gasteiger partial charge on any atom is 0.312 e. The van der Waals surface area contributed by atoms with Gasteiger partial charge >= 0.3 is 5.97 Å². The highest BCUT2D eigenvalue weighted by molar-refractivity contribution is 7.13. The molecule has 0 radical (unpaired) electrons. The number of hydrogen-bond acceptors (Lipinski definition) is 5. The summed E-state index contributed by atoms with van der Waals surface area (Å²) >= 11 is 7.37. The molecule has 7 heteroatoms. The fourth-order valence-corrected chi connectivity index (χ4v) is 4.25. The summed E-state index contributed by atoms with van der Waals surface area (Å²) in [6.45, 7) is 1.62. The Balaban J connectivity index is 1.49. The number of nitrogens with one attached hydrogen (secondary N) is 1. The molecule has 1 aromatic carbocycles. The molecule has 0 aliphatic heterocycles. The Morgan fingerprint density at radius 3 is 2.57 bits per heavy atom. The van der Waals surface area contributed by atoms with E-state index in [2.05, 4.69) is 10.3 Å². The molecule has 1 N–H and O–H groups in total. The zero-order valence-electron chi connectivity index (χ0n) is 15.9.